The van der Waals surface area contributed by atoms with Gasteiger partial charge in [-0.05, 0) is 54.6 Å². The Bertz CT molecular complexity index is 763. The van der Waals surface area contributed by atoms with Crippen molar-refractivity contribution < 1.29 is 4.42 Å². The summed E-state index contributed by atoms with van der Waals surface area (Å²) in [7, 11) is 0. The highest BCUT2D eigenvalue weighted by Gasteiger charge is 2.07. The first-order valence-electron chi connectivity index (χ1n) is 6.65. The fourth-order valence-electron chi connectivity index (χ4n) is 2.08. The molecule has 22 heavy (non-hydrogen) atoms. The lowest BCUT2D eigenvalue weighted by Crippen LogP contribution is -1.97. The molecule has 1 N–H and O–H groups in total. The van der Waals surface area contributed by atoms with Crippen molar-refractivity contribution in [1.29, 1.82) is 0 Å². The Balaban J connectivity index is 1.72. The van der Waals surface area contributed by atoms with Crippen LogP contribution in [0.4, 0.5) is 5.69 Å². The van der Waals surface area contributed by atoms with E-state index in [1.54, 1.807) is 6.07 Å². The summed E-state index contributed by atoms with van der Waals surface area (Å²) in [4.78, 5) is 0. The van der Waals surface area contributed by atoms with Crippen LogP contribution in [0.2, 0.25) is 10.0 Å². The molecule has 0 radical (unpaired) electrons. The minimum atomic E-state index is 0.591. The van der Waals surface area contributed by atoms with Crippen LogP contribution >= 0.6 is 39.1 Å². The van der Waals surface area contributed by atoms with E-state index >= 15 is 0 Å². The van der Waals surface area contributed by atoms with Crippen molar-refractivity contribution in [2.24, 2.45) is 0 Å². The number of hydrogen-bond donors (Lipinski definition) is 1. The van der Waals surface area contributed by atoms with E-state index in [4.69, 9.17) is 27.6 Å². The maximum absolute atomic E-state index is 6.02. The second-order valence-corrected chi connectivity index (χ2v) is 6.57. The highest BCUT2D eigenvalue weighted by molar-refractivity contribution is 9.10. The summed E-state index contributed by atoms with van der Waals surface area (Å²) in [5.74, 6) is 1.59. The summed E-state index contributed by atoms with van der Waals surface area (Å²) in [6, 6.07) is 17.2. The van der Waals surface area contributed by atoms with Crippen LogP contribution in [0.15, 0.2) is 63.5 Å². The summed E-state index contributed by atoms with van der Waals surface area (Å²) in [5.41, 5.74) is 1.90. The van der Waals surface area contributed by atoms with Gasteiger partial charge >= 0.3 is 0 Å². The Morgan fingerprint density at radius 1 is 0.909 bits per heavy atom. The fraction of sp³-hybridized carbons (Fsp3) is 0.0588. The van der Waals surface area contributed by atoms with Crippen LogP contribution in [0.1, 0.15) is 5.76 Å². The molecule has 3 rings (SSSR count). The molecule has 0 aliphatic heterocycles. The van der Waals surface area contributed by atoms with Gasteiger partial charge in [-0.2, -0.15) is 0 Å². The van der Waals surface area contributed by atoms with Gasteiger partial charge in [0.1, 0.15) is 11.5 Å². The summed E-state index contributed by atoms with van der Waals surface area (Å²) in [6.07, 6.45) is 0. The lowest BCUT2D eigenvalue weighted by Gasteiger charge is -2.04. The molecule has 0 spiro atoms. The fourth-order valence-corrected chi connectivity index (χ4v) is 2.87. The first-order valence-corrected chi connectivity index (χ1v) is 8.20. The molecule has 2 aromatic carbocycles. The Kier molecular flexibility index (Phi) is 4.77. The van der Waals surface area contributed by atoms with Crippen LogP contribution in [-0.4, -0.2) is 0 Å². The minimum absolute atomic E-state index is 0.591. The Morgan fingerprint density at radius 2 is 1.59 bits per heavy atom. The monoisotopic (exact) mass is 395 g/mol. The van der Waals surface area contributed by atoms with Gasteiger partial charge in [0.05, 0.1) is 6.54 Å². The van der Waals surface area contributed by atoms with Crippen molar-refractivity contribution in [2.45, 2.75) is 6.54 Å². The molecule has 0 bridgehead atoms. The van der Waals surface area contributed by atoms with E-state index in [2.05, 4.69) is 21.2 Å². The number of benzene rings is 2. The predicted molar refractivity (Wildman–Crippen MR) is 95.6 cm³/mol. The Hall–Kier alpha value is -1.42. The van der Waals surface area contributed by atoms with Crippen molar-refractivity contribution in [2.75, 3.05) is 5.32 Å². The zero-order chi connectivity index (χ0) is 15.5. The number of nitrogens with one attached hydrogen (secondary N) is 1. The number of furan rings is 1. The molecule has 0 amide bonds. The Morgan fingerprint density at radius 3 is 2.27 bits per heavy atom. The largest absolute Gasteiger partial charge is 0.459 e. The molecule has 0 aliphatic rings. The standard InChI is InChI=1S/C17H12BrCl2NO/c18-12-1-3-15(4-2-12)21-10-16-5-6-17(22-16)11-7-13(19)9-14(20)8-11/h1-9,21H,10H2. The maximum Gasteiger partial charge on any atom is 0.134 e. The molecule has 0 fully saturated rings. The molecule has 1 heterocycles. The summed E-state index contributed by atoms with van der Waals surface area (Å²) in [5, 5.41) is 4.49. The lowest BCUT2D eigenvalue weighted by molar-refractivity contribution is 0.531. The van der Waals surface area contributed by atoms with Gasteiger partial charge in [0.2, 0.25) is 0 Å². The van der Waals surface area contributed by atoms with Crippen LogP contribution in [0.3, 0.4) is 0 Å². The third kappa shape index (κ3) is 3.86. The number of anilines is 1. The van der Waals surface area contributed by atoms with E-state index < -0.39 is 0 Å². The first kappa shape index (κ1) is 15.5. The third-order valence-corrected chi connectivity index (χ3v) is 4.08. The predicted octanol–water partition coefficient (Wildman–Crippen LogP) is 6.63. The highest BCUT2D eigenvalue weighted by atomic mass is 79.9. The van der Waals surface area contributed by atoms with Gasteiger partial charge in [0.25, 0.3) is 0 Å². The second kappa shape index (κ2) is 6.78. The zero-order valence-corrected chi connectivity index (χ0v) is 14.5. The molecule has 1 aromatic heterocycles. The van der Waals surface area contributed by atoms with E-state index in [9.17, 15) is 0 Å². The molecular formula is C17H12BrCl2NO. The Labute approximate surface area is 147 Å². The second-order valence-electron chi connectivity index (χ2n) is 4.78. The van der Waals surface area contributed by atoms with E-state index in [1.165, 1.54) is 0 Å². The first-order chi connectivity index (χ1) is 10.6. The van der Waals surface area contributed by atoms with Crippen LogP contribution in [0.25, 0.3) is 11.3 Å². The van der Waals surface area contributed by atoms with Gasteiger partial charge in [-0.25, -0.2) is 0 Å². The topological polar surface area (TPSA) is 25.2 Å². The molecule has 0 aliphatic carbocycles. The van der Waals surface area contributed by atoms with Crippen LogP contribution < -0.4 is 5.32 Å². The number of rotatable bonds is 4. The number of halogens is 3. The van der Waals surface area contributed by atoms with E-state index in [-0.39, 0.29) is 0 Å². The molecule has 0 unspecified atom stereocenters. The molecule has 0 saturated heterocycles. The van der Waals surface area contributed by atoms with E-state index in [0.717, 1.165) is 27.2 Å². The summed E-state index contributed by atoms with van der Waals surface area (Å²) in [6.45, 7) is 0.607. The van der Waals surface area contributed by atoms with Crippen molar-refractivity contribution >= 4 is 44.8 Å². The number of hydrogen-bond acceptors (Lipinski definition) is 2. The smallest absolute Gasteiger partial charge is 0.134 e. The maximum atomic E-state index is 6.02. The zero-order valence-electron chi connectivity index (χ0n) is 11.4. The van der Waals surface area contributed by atoms with Crippen molar-refractivity contribution in [1.82, 2.24) is 0 Å². The van der Waals surface area contributed by atoms with Crippen molar-refractivity contribution in [3.63, 3.8) is 0 Å². The molecule has 3 aromatic rings. The van der Waals surface area contributed by atoms with Crippen LogP contribution in [-0.2, 0) is 6.54 Å². The quantitative estimate of drug-likeness (QED) is 0.535. The van der Waals surface area contributed by atoms with Crippen molar-refractivity contribution in [3.8, 4) is 11.3 Å². The molecule has 0 atom stereocenters. The van der Waals surface area contributed by atoms with Gasteiger partial charge < -0.3 is 9.73 Å². The van der Waals surface area contributed by atoms with Gasteiger partial charge in [0, 0.05) is 25.8 Å². The lowest BCUT2D eigenvalue weighted by atomic mass is 10.2. The summed E-state index contributed by atoms with van der Waals surface area (Å²) >= 11 is 15.5. The van der Waals surface area contributed by atoms with Gasteiger partial charge in [-0.15, -0.1) is 0 Å². The van der Waals surface area contributed by atoms with Gasteiger partial charge in [-0.3, -0.25) is 0 Å². The normalized spacial score (nSPS) is 10.7. The van der Waals surface area contributed by atoms with Crippen LogP contribution in [0, 0.1) is 0 Å². The SMILES string of the molecule is Clc1cc(Cl)cc(-c2ccc(CNc3ccc(Br)cc3)o2)c1. The average molecular weight is 397 g/mol. The molecule has 2 nitrogen and oxygen atoms in total. The van der Waals surface area contributed by atoms with Crippen molar-refractivity contribution in [3.05, 3.63) is 74.9 Å². The average Bonchev–Trinajstić information content (AvgIpc) is 2.95. The minimum Gasteiger partial charge on any atom is -0.459 e. The molecule has 112 valence electrons. The highest BCUT2D eigenvalue weighted by Crippen LogP contribution is 2.28. The van der Waals surface area contributed by atoms with Crippen LogP contribution in [0.5, 0.6) is 0 Å². The summed E-state index contributed by atoms with van der Waals surface area (Å²) < 4.78 is 6.89. The van der Waals surface area contributed by atoms with Gasteiger partial charge in [0.15, 0.2) is 0 Å². The third-order valence-electron chi connectivity index (χ3n) is 3.12. The molecule has 0 saturated carbocycles. The molecular weight excluding hydrogens is 385 g/mol. The molecule has 5 heteroatoms. The van der Waals surface area contributed by atoms with E-state index in [1.807, 2.05) is 48.5 Å². The van der Waals surface area contributed by atoms with Gasteiger partial charge in [-0.1, -0.05) is 39.1 Å². The van der Waals surface area contributed by atoms with E-state index in [0.29, 0.717) is 16.6 Å².